The molecule has 35 heavy (non-hydrogen) atoms. The highest BCUT2D eigenvalue weighted by Crippen LogP contribution is 2.27. The van der Waals surface area contributed by atoms with Crippen molar-refractivity contribution < 1.29 is 14.0 Å². The fourth-order valence-corrected chi connectivity index (χ4v) is 3.99. The van der Waals surface area contributed by atoms with Gasteiger partial charge in [0.15, 0.2) is 11.5 Å². The summed E-state index contributed by atoms with van der Waals surface area (Å²) in [7, 11) is 0. The smallest absolute Gasteiger partial charge is 0.255 e. The molecule has 0 aliphatic heterocycles. The number of hydrogen-bond acceptors (Lipinski definition) is 4. The minimum atomic E-state index is -0.244. The fraction of sp³-hybridized carbons (Fsp3) is 0.0667. The maximum Gasteiger partial charge on any atom is 0.255 e. The number of hydrogen-bond donors (Lipinski definition) is 2. The number of aryl methyl sites for hydroxylation is 1. The van der Waals surface area contributed by atoms with Crippen molar-refractivity contribution in [2.75, 3.05) is 11.1 Å². The van der Waals surface area contributed by atoms with E-state index in [-0.39, 0.29) is 11.7 Å². The Morgan fingerprint density at radius 3 is 2.29 bits per heavy atom. The summed E-state index contributed by atoms with van der Waals surface area (Å²) >= 11 is 0. The monoisotopic (exact) mass is 460 g/mol. The van der Waals surface area contributed by atoms with Gasteiger partial charge in [-0.25, -0.2) is 0 Å². The number of carbonyl (C=O) groups is 2. The number of anilines is 2. The summed E-state index contributed by atoms with van der Waals surface area (Å²) in [5, 5.41) is 3.83. The lowest BCUT2D eigenvalue weighted by Crippen LogP contribution is -2.13. The van der Waals surface area contributed by atoms with E-state index in [1.807, 2.05) is 78.9 Å². The Labute approximate surface area is 203 Å². The van der Waals surface area contributed by atoms with E-state index in [1.54, 1.807) is 24.3 Å². The van der Waals surface area contributed by atoms with Crippen molar-refractivity contribution in [1.29, 1.82) is 0 Å². The molecule has 0 aliphatic carbocycles. The van der Waals surface area contributed by atoms with Gasteiger partial charge in [0.2, 0.25) is 0 Å². The maximum absolute atomic E-state index is 12.8. The van der Waals surface area contributed by atoms with Gasteiger partial charge in [-0.15, -0.1) is 0 Å². The molecule has 0 bridgehead atoms. The summed E-state index contributed by atoms with van der Waals surface area (Å²) in [6.45, 7) is 0. The van der Waals surface area contributed by atoms with Gasteiger partial charge in [-0.1, -0.05) is 66.7 Å². The zero-order valence-electron chi connectivity index (χ0n) is 19.0. The molecule has 172 valence electrons. The van der Waals surface area contributed by atoms with Crippen LogP contribution in [0.15, 0.2) is 108 Å². The second kappa shape index (κ2) is 9.69. The van der Waals surface area contributed by atoms with Crippen LogP contribution in [0, 0.1) is 0 Å². The molecule has 5 aromatic rings. The highest BCUT2D eigenvalue weighted by molar-refractivity contribution is 6.06. The molecule has 3 N–H and O–H groups in total. The first-order chi connectivity index (χ1) is 17.1. The van der Waals surface area contributed by atoms with Crippen LogP contribution >= 0.6 is 0 Å². The molecule has 0 radical (unpaired) electrons. The average molecular weight is 461 g/mol. The van der Waals surface area contributed by atoms with E-state index in [0.29, 0.717) is 41.1 Å². The Morgan fingerprint density at radius 2 is 1.51 bits per heavy atom. The Morgan fingerprint density at radius 1 is 0.771 bits per heavy atom. The molecule has 4 aromatic carbocycles. The van der Waals surface area contributed by atoms with Crippen LogP contribution in [0.25, 0.3) is 22.1 Å². The zero-order chi connectivity index (χ0) is 24.2. The van der Waals surface area contributed by atoms with Gasteiger partial charge in [-0.05, 0) is 59.5 Å². The molecule has 1 amide bonds. The molecule has 0 fully saturated rings. The molecule has 0 saturated carbocycles. The largest absolute Gasteiger partial charge is 0.453 e. The van der Waals surface area contributed by atoms with E-state index >= 15 is 0 Å². The average Bonchev–Trinajstić information content (AvgIpc) is 3.34. The standard InChI is InChI=1S/C30H24N2O3/c31-25-16-15-23(21-6-2-1-3-7-21)18-26(25)32-30(34)22-13-10-20(11-14-22)12-17-27(33)29-19-24-8-4-5-9-28(24)35-29/h1-11,13-16,18-19H,12,17,31H2,(H,32,34). The van der Waals surface area contributed by atoms with Crippen molar-refractivity contribution in [3.63, 3.8) is 0 Å². The zero-order valence-corrected chi connectivity index (χ0v) is 19.0. The van der Waals surface area contributed by atoms with Crippen molar-refractivity contribution >= 4 is 34.0 Å². The third kappa shape index (κ3) is 4.99. The lowest BCUT2D eigenvalue weighted by molar-refractivity contribution is 0.0957. The molecule has 5 rings (SSSR count). The van der Waals surface area contributed by atoms with Crippen LogP contribution < -0.4 is 11.1 Å². The molecule has 1 aromatic heterocycles. The molecule has 0 spiro atoms. The SMILES string of the molecule is Nc1ccc(-c2ccccc2)cc1NC(=O)c1ccc(CCC(=O)c2cc3ccccc3o2)cc1. The van der Waals surface area contributed by atoms with Crippen LogP contribution in [-0.2, 0) is 6.42 Å². The number of rotatable bonds is 7. The van der Waals surface area contributed by atoms with Crippen molar-refractivity contribution in [2.24, 2.45) is 0 Å². The Kier molecular flexibility index (Phi) is 6.14. The highest BCUT2D eigenvalue weighted by Gasteiger charge is 2.13. The Bertz CT molecular complexity index is 1470. The lowest BCUT2D eigenvalue weighted by atomic mass is 10.0. The highest BCUT2D eigenvalue weighted by atomic mass is 16.3. The fourth-order valence-electron chi connectivity index (χ4n) is 3.99. The second-order valence-corrected chi connectivity index (χ2v) is 8.39. The van der Waals surface area contributed by atoms with Crippen molar-refractivity contribution in [2.45, 2.75) is 12.8 Å². The number of Topliss-reactive ketones (excluding diaryl/α,β-unsaturated/α-hetero) is 1. The number of nitrogen functional groups attached to an aromatic ring is 1. The van der Waals surface area contributed by atoms with E-state index < -0.39 is 0 Å². The third-order valence-electron chi connectivity index (χ3n) is 5.97. The van der Waals surface area contributed by atoms with Gasteiger partial charge < -0.3 is 15.5 Å². The first-order valence-electron chi connectivity index (χ1n) is 11.4. The van der Waals surface area contributed by atoms with Crippen molar-refractivity contribution in [1.82, 2.24) is 0 Å². The Hall–Kier alpha value is -4.64. The van der Waals surface area contributed by atoms with Crippen LogP contribution in [-0.4, -0.2) is 11.7 Å². The lowest BCUT2D eigenvalue weighted by Gasteiger charge is -2.11. The molecule has 0 aliphatic rings. The molecule has 0 unspecified atom stereocenters. The minimum Gasteiger partial charge on any atom is -0.453 e. The second-order valence-electron chi connectivity index (χ2n) is 8.39. The Balaban J connectivity index is 1.22. The van der Waals surface area contributed by atoms with E-state index in [2.05, 4.69) is 5.32 Å². The topological polar surface area (TPSA) is 85.3 Å². The molecule has 5 heteroatoms. The maximum atomic E-state index is 12.8. The normalized spacial score (nSPS) is 10.9. The number of nitrogens with one attached hydrogen (secondary N) is 1. The quantitative estimate of drug-likeness (QED) is 0.208. The number of para-hydroxylation sites is 1. The van der Waals surface area contributed by atoms with Crippen molar-refractivity contribution in [3.05, 3.63) is 120 Å². The molecule has 0 atom stereocenters. The van der Waals surface area contributed by atoms with Crippen LogP contribution in [0.1, 0.15) is 32.9 Å². The summed E-state index contributed by atoms with van der Waals surface area (Å²) < 4.78 is 5.66. The first kappa shape index (κ1) is 22.2. The van der Waals surface area contributed by atoms with Gasteiger partial charge in [-0.2, -0.15) is 0 Å². The third-order valence-corrected chi connectivity index (χ3v) is 5.97. The van der Waals surface area contributed by atoms with Crippen LogP contribution in [0.4, 0.5) is 11.4 Å². The van der Waals surface area contributed by atoms with Gasteiger partial charge in [0, 0.05) is 17.4 Å². The van der Waals surface area contributed by atoms with Gasteiger partial charge >= 0.3 is 0 Å². The van der Waals surface area contributed by atoms with Crippen LogP contribution in [0.5, 0.6) is 0 Å². The summed E-state index contributed by atoms with van der Waals surface area (Å²) in [5.74, 6) is 0.0844. The molecule has 1 heterocycles. The molecule has 5 nitrogen and oxygen atoms in total. The number of benzene rings is 4. The van der Waals surface area contributed by atoms with Gasteiger partial charge in [0.05, 0.1) is 11.4 Å². The summed E-state index contributed by atoms with van der Waals surface area (Å²) in [6.07, 6.45) is 0.887. The van der Waals surface area contributed by atoms with Crippen LogP contribution in [0.3, 0.4) is 0 Å². The minimum absolute atomic E-state index is 0.0446. The predicted molar refractivity (Wildman–Crippen MR) is 140 cm³/mol. The first-order valence-corrected chi connectivity index (χ1v) is 11.4. The summed E-state index contributed by atoms with van der Waals surface area (Å²) in [4.78, 5) is 25.4. The summed E-state index contributed by atoms with van der Waals surface area (Å²) in [6, 6.07) is 32.1. The molecule has 0 saturated heterocycles. The summed E-state index contributed by atoms with van der Waals surface area (Å²) in [5.41, 5.74) is 11.4. The van der Waals surface area contributed by atoms with Crippen molar-refractivity contribution in [3.8, 4) is 11.1 Å². The van der Waals surface area contributed by atoms with Gasteiger partial charge in [0.25, 0.3) is 5.91 Å². The van der Waals surface area contributed by atoms with E-state index in [4.69, 9.17) is 10.2 Å². The van der Waals surface area contributed by atoms with E-state index in [9.17, 15) is 9.59 Å². The van der Waals surface area contributed by atoms with E-state index in [1.165, 1.54) is 0 Å². The number of fused-ring (bicyclic) bond motifs is 1. The number of furan rings is 1. The number of nitrogens with two attached hydrogens (primary N) is 1. The van der Waals surface area contributed by atoms with Gasteiger partial charge in [0.1, 0.15) is 5.58 Å². The van der Waals surface area contributed by atoms with Gasteiger partial charge in [-0.3, -0.25) is 9.59 Å². The number of ketones is 1. The predicted octanol–water partition coefficient (Wildman–Crippen LogP) is 6.75. The van der Waals surface area contributed by atoms with Crippen LogP contribution in [0.2, 0.25) is 0 Å². The number of carbonyl (C=O) groups excluding carboxylic acids is 2. The molecular weight excluding hydrogens is 436 g/mol. The van der Waals surface area contributed by atoms with E-state index in [0.717, 1.165) is 22.1 Å². The molecular formula is C30H24N2O3. The number of amides is 1.